The van der Waals surface area contributed by atoms with Crippen molar-refractivity contribution in [2.75, 3.05) is 7.05 Å². The molecule has 0 aliphatic carbocycles. The number of likely N-dealkylation sites (N-methyl/N-ethyl adjacent to an activating group) is 1. The molecule has 1 aromatic carbocycles. The van der Waals surface area contributed by atoms with Gasteiger partial charge in [0.05, 0.1) is 6.42 Å². The number of carboxylic acid groups (broad SMARTS) is 1. The lowest BCUT2D eigenvalue weighted by Crippen LogP contribution is -2.49. The van der Waals surface area contributed by atoms with E-state index in [1.807, 2.05) is 30.3 Å². The zero-order valence-corrected chi connectivity index (χ0v) is 21.3. The summed E-state index contributed by atoms with van der Waals surface area (Å²) in [4.78, 5) is 36.5. The van der Waals surface area contributed by atoms with E-state index in [-0.39, 0.29) is 18.2 Å². The third kappa shape index (κ3) is 14.0. The van der Waals surface area contributed by atoms with Crippen LogP contribution in [0.3, 0.4) is 0 Å². The minimum absolute atomic E-state index is 0.213. The summed E-state index contributed by atoms with van der Waals surface area (Å²) in [6.07, 6.45) is 15.4. The van der Waals surface area contributed by atoms with Gasteiger partial charge in [-0.15, -0.1) is 0 Å². The van der Waals surface area contributed by atoms with Gasteiger partial charge in [-0.1, -0.05) is 114 Å². The van der Waals surface area contributed by atoms with Crippen LogP contribution in [0.15, 0.2) is 30.3 Å². The molecule has 0 bridgehead atoms. The van der Waals surface area contributed by atoms with Gasteiger partial charge in [0, 0.05) is 19.4 Å². The number of aliphatic carboxylic acids is 1. The summed E-state index contributed by atoms with van der Waals surface area (Å²) < 4.78 is 0. The average Bonchev–Trinajstić information content (AvgIpc) is 2.83. The van der Waals surface area contributed by atoms with Crippen molar-refractivity contribution in [2.45, 2.75) is 109 Å². The fraction of sp³-hybridized carbons (Fsp3) is 0.679. The second kappa shape index (κ2) is 19.0. The Morgan fingerprint density at radius 3 is 1.82 bits per heavy atom. The highest BCUT2D eigenvalue weighted by Crippen LogP contribution is 2.18. The molecule has 34 heavy (non-hydrogen) atoms. The van der Waals surface area contributed by atoms with Crippen molar-refractivity contribution in [2.24, 2.45) is 5.92 Å². The maximum absolute atomic E-state index is 12.9. The Morgan fingerprint density at radius 2 is 1.32 bits per heavy atom. The fourth-order valence-electron chi connectivity index (χ4n) is 4.29. The predicted octanol–water partition coefficient (Wildman–Crippen LogP) is 5.64. The number of rotatable bonds is 20. The van der Waals surface area contributed by atoms with Gasteiger partial charge in [-0.25, -0.2) is 0 Å². The normalized spacial score (nSPS) is 12.6. The standard InChI is InChI=1S/C28H46N2O4/c1-3-4-5-6-7-8-9-10-11-12-13-17-20-24(22-26(31)32)27(33)30-25(28(34)29-2)21-23-18-15-14-16-19-23/h14-16,18-19,24-25H,3-13,17,20-22H2,1-2H3,(H,29,34)(H,30,33)(H,31,32). The van der Waals surface area contributed by atoms with Gasteiger partial charge in [-0.3, -0.25) is 14.4 Å². The molecule has 0 spiro atoms. The summed E-state index contributed by atoms with van der Waals surface area (Å²) in [6.45, 7) is 2.24. The summed E-state index contributed by atoms with van der Waals surface area (Å²) in [5.74, 6) is -2.24. The van der Waals surface area contributed by atoms with E-state index in [1.165, 1.54) is 64.8 Å². The van der Waals surface area contributed by atoms with Crippen LogP contribution < -0.4 is 10.6 Å². The van der Waals surface area contributed by atoms with E-state index in [1.54, 1.807) is 0 Å². The molecule has 2 atom stereocenters. The topological polar surface area (TPSA) is 95.5 Å². The van der Waals surface area contributed by atoms with Crippen LogP contribution in [-0.4, -0.2) is 36.0 Å². The number of carbonyl (C=O) groups is 3. The van der Waals surface area contributed by atoms with Crippen LogP contribution in [0.4, 0.5) is 0 Å². The Kier molecular flexibility index (Phi) is 16.6. The van der Waals surface area contributed by atoms with Gasteiger partial charge in [0.1, 0.15) is 6.04 Å². The van der Waals surface area contributed by atoms with Crippen LogP contribution >= 0.6 is 0 Å². The first kappa shape index (κ1) is 29.7. The lowest BCUT2D eigenvalue weighted by atomic mass is 9.95. The third-order valence-electron chi connectivity index (χ3n) is 6.36. The van der Waals surface area contributed by atoms with Gasteiger partial charge in [0.2, 0.25) is 11.8 Å². The molecule has 2 amide bonds. The Morgan fingerprint density at radius 1 is 0.794 bits per heavy atom. The minimum Gasteiger partial charge on any atom is -0.481 e. The molecule has 0 heterocycles. The molecular formula is C28H46N2O4. The first-order chi connectivity index (χ1) is 16.5. The van der Waals surface area contributed by atoms with Crippen molar-refractivity contribution < 1.29 is 19.5 Å². The van der Waals surface area contributed by atoms with E-state index < -0.39 is 17.9 Å². The molecule has 0 radical (unpaired) electrons. The number of amides is 2. The number of nitrogens with one attached hydrogen (secondary N) is 2. The number of hydrogen-bond acceptors (Lipinski definition) is 3. The average molecular weight is 475 g/mol. The van der Waals surface area contributed by atoms with E-state index in [2.05, 4.69) is 17.6 Å². The number of unbranched alkanes of at least 4 members (excludes halogenated alkanes) is 11. The van der Waals surface area contributed by atoms with Crippen LogP contribution in [0.2, 0.25) is 0 Å². The molecule has 0 saturated heterocycles. The number of carboxylic acids is 1. The van der Waals surface area contributed by atoms with Crippen molar-refractivity contribution in [3.05, 3.63) is 35.9 Å². The molecular weight excluding hydrogens is 428 g/mol. The maximum atomic E-state index is 12.9. The number of benzene rings is 1. The molecule has 6 heteroatoms. The first-order valence-corrected chi connectivity index (χ1v) is 13.3. The van der Waals surface area contributed by atoms with Gasteiger partial charge in [0.25, 0.3) is 0 Å². The van der Waals surface area contributed by atoms with Gasteiger partial charge < -0.3 is 15.7 Å². The summed E-state index contributed by atoms with van der Waals surface area (Å²) in [5, 5.41) is 14.7. The van der Waals surface area contributed by atoms with Crippen LogP contribution in [-0.2, 0) is 20.8 Å². The molecule has 0 aliphatic heterocycles. The molecule has 3 N–H and O–H groups in total. The molecule has 6 nitrogen and oxygen atoms in total. The first-order valence-electron chi connectivity index (χ1n) is 13.3. The zero-order valence-electron chi connectivity index (χ0n) is 21.3. The molecule has 1 aromatic rings. The summed E-state index contributed by atoms with van der Waals surface area (Å²) >= 11 is 0. The second-order valence-electron chi connectivity index (χ2n) is 9.34. The molecule has 2 unspecified atom stereocenters. The lowest BCUT2D eigenvalue weighted by molar-refractivity contribution is -0.141. The predicted molar refractivity (Wildman–Crippen MR) is 138 cm³/mol. The fourth-order valence-corrected chi connectivity index (χ4v) is 4.29. The Labute approximate surface area is 206 Å². The lowest BCUT2D eigenvalue weighted by Gasteiger charge is -2.21. The SMILES string of the molecule is CCCCCCCCCCCCCCC(CC(=O)O)C(=O)NC(Cc1ccccc1)C(=O)NC. The van der Waals surface area contributed by atoms with E-state index in [9.17, 15) is 19.5 Å². The van der Waals surface area contributed by atoms with E-state index in [4.69, 9.17) is 0 Å². The highest BCUT2D eigenvalue weighted by Gasteiger charge is 2.26. The number of hydrogen-bond donors (Lipinski definition) is 3. The summed E-state index contributed by atoms with van der Waals surface area (Å²) in [6, 6.07) is 8.76. The van der Waals surface area contributed by atoms with Crippen LogP contribution in [0, 0.1) is 5.92 Å². The summed E-state index contributed by atoms with van der Waals surface area (Å²) in [5.41, 5.74) is 0.937. The monoisotopic (exact) mass is 474 g/mol. The van der Waals surface area contributed by atoms with Crippen molar-refractivity contribution in [3.63, 3.8) is 0 Å². The highest BCUT2D eigenvalue weighted by molar-refractivity contribution is 5.89. The van der Waals surface area contributed by atoms with Crippen LogP contribution in [0.25, 0.3) is 0 Å². The van der Waals surface area contributed by atoms with E-state index >= 15 is 0 Å². The molecule has 0 aromatic heterocycles. The zero-order chi connectivity index (χ0) is 25.0. The van der Waals surface area contributed by atoms with Crippen LogP contribution in [0.5, 0.6) is 0 Å². The van der Waals surface area contributed by atoms with Crippen molar-refractivity contribution in [3.8, 4) is 0 Å². The van der Waals surface area contributed by atoms with Crippen molar-refractivity contribution in [1.29, 1.82) is 0 Å². The molecule has 1 rings (SSSR count). The third-order valence-corrected chi connectivity index (χ3v) is 6.36. The van der Waals surface area contributed by atoms with Gasteiger partial charge >= 0.3 is 5.97 Å². The van der Waals surface area contributed by atoms with Gasteiger partial charge in [-0.05, 0) is 12.0 Å². The van der Waals surface area contributed by atoms with E-state index in [0.29, 0.717) is 12.8 Å². The van der Waals surface area contributed by atoms with E-state index in [0.717, 1.165) is 24.8 Å². The van der Waals surface area contributed by atoms with Crippen molar-refractivity contribution >= 4 is 17.8 Å². The molecule has 0 saturated carbocycles. The van der Waals surface area contributed by atoms with Crippen molar-refractivity contribution in [1.82, 2.24) is 10.6 Å². The maximum Gasteiger partial charge on any atom is 0.304 e. The Balaban J connectivity index is 2.39. The second-order valence-corrected chi connectivity index (χ2v) is 9.34. The minimum atomic E-state index is -0.987. The van der Waals surface area contributed by atoms with Gasteiger partial charge in [-0.2, -0.15) is 0 Å². The summed E-state index contributed by atoms with van der Waals surface area (Å²) in [7, 11) is 1.54. The number of carbonyl (C=O) groups excluding carboxylic acids is 2. The smallest absolute Gasteiger partial charge is 0.304 e. The molecule has 0 fully saturated rings. The largest absolute Gasteiger partial charge is 0.481 e. The van der Waals surface area contributed by atoms with Gasteiger partial charge in [0.15, 0.2) is 0 Å². The molecule has 0 aliphatic rings. The van der Waals surface area contributed by atoms with Crippen LogP contribution in [0.1, 0.15) is 102 Å². The molecule has 192 valence electrons. The Hall–Kier alpha value is -2.37. The quantitative estimate of drug-likeness (QED) is 0.213. The highest BCUT2D eigenvalue weighted by atomic mass is 16.4. The Bertz CT molecular complexity index is 693.